The quantitative estimate of drug-likeness (QED) is 0.789. The van der Waals surface area contributed by atoms with Crippen molar-refractivity contribution >= 4 is 11.9 Å². The molecule has 0 radical (unpaired) electrons. The van der Waals surface area contributed by atoms with Gasteiger partial charge in [-0.05, 0) is 38.5 Å². The summed E-state index contributed by atoms with van der Waals surface area (Å²) in [4.78, 5) is 25.0. The van der Waals surface area contributed by atoms with E-state index < -0.39 is 22.8 Å². The summed E-state index contributed by atoms with van der Waals surface area (Å²) in [6.45, 7) is 9.64. The highest BCUT2D eigenvalue weighted by molar-refractivity contribution is 5.98. The van der Waals surface area contributed by atoms with Gasteiger partial charge in [0.2, 0.25) is 0 Å². The molecule has 1 amide bonds. The van der Waals surface area contributed by atoms with Crippen LogP contribution in [-0.4, -0.2) is 50.2 Å². The second-order valence-corrected chi connectivity index (χ2v) is 7.81. The van der Waals surface area contributed by atoms with E-state index >= 15 is 0 Å². The van der Waals surface area contributed by atoms with Crippen molar-refractivity contribution in [2.75, 3.05) is 6.61 Å². The molecule has 0 spiro atoms. The van der Waals surface area contributed by atoms with E-state index in [0.717, 1.165) is 11.3 Å². The van der Waals surface area contributed by atoms with Crippen molar-refractivity contribution in [1.29, 1.82) is 0 Å². The van der Waals surface area contributed by atoms with Gasteiger partial charge >= 0.3 is 5.97 Å². The number of amides is 1. The number of carboxylic acid groups (broad SMARTS) is 1. The number of rotatable bonds is 6. The van der Waals surface area contributed by atoms with Crippen LogP contribution in [0.25, 0.3) is 5.69 Å². The maximum atomic E-state index is 12.9. The summed E-state index contributed by atoms with van der Waals surface area (Å²) in [5, 5.41) is 20.7. The Morgan fingerprint density at radius 1 is 1.36 bits per heavy atom. The van der Waals surface area contributed by atoms with Crippen molar-refractivity contribution in [3.63, 3.8) is 0 Å². The molecule has 8 heteroatoms. The molecule has 1 aliphatic carbocycles. The summed E-state index contributed by atoms with van der Waals surface area (Å²) in [7, 11) is 0. The number of carbonyl (C=O) groups excluding carboxylic acids is 1. The number of aromatic nitrogens is 3. The molecular formula is C20H26N4O4. The molecule has 8 nitrogen and oxygen atoms in total. The molecule has 0 bridgehead atoms. The molecule has 1 fully saturated rings. The number of hydrogen-bond acceptors (Lipinski definition) is 5. The zero-order valence-electron chi connectivity index (χ0n) is 16.8. The lowest BCUT2D eigenvalue weighted by Gasteiger charge is -2.58. The van der Waals surface area contributed by atoms with Gasteiger partial charge in [0.15, 0.2) is 5.69 Å². The van der Waals surface area contributed by atoms with Gasteiger partial charge in [0.1, 0.15) is 5.54 Å². The number of carbonyl (C=O) groups is 2. The van der Waals surface area contributed by atoms with Crippen LogP contribution in [0.2, 0.25) is 0 Å². The average Bonchev–Trinajstić information content (AvgIpc) is 3.01. The van der Waals surface area contributed by atoms with Crippen molar-refractivity contribution < 1.29 is 19.4 Å². The summed E-state index contributed by atoms with van der Waals surface area (Å²) in [5.41, 5.74) is 0.327. The van der Waals surface area contributed by atoms with Gasteiger partial charge in [-0.25, -0.2) is 9.48 Å². The van der Waals surface area contributed by atoms with Crippen molar-refractivity contribution in [1.82, 2.24) is 20.3 Å². The fraction of sp³-hybridized carbons (Fsp3) is 0.500. The van der Waals surface area contributed by atoms with Crippen LogP contribution < -0.4 is 5.32 Å². The Labute approximate surface area is 163 Å². The lowest BCUT2D eigenvalue weighted by Crippen LogP contribution is -2.76. The van der Waals surface area contributed by atoms with Crippen molar-refractivity contribution in [2.24, 2.45) is 5.41 Å². The summed E-state index contributed by atoms with van der Waals surface area (Å²) >= 11 is 0. The van der Waals surface area contributed by atoms with Crippen LogP contribution in [-0.2, 0) is 9.53 Å². The molecule has 1 aliphatic rings. The topological polar surface area (TPSA) is 106 Å². The van der Waals surface area contributed by atoms with E-state index in [1.54, 1.807) is 25.5 Å². The summed E-state index contributed by atoms with van der Waals surface area (Å²) in [5.74, 6) is -1.63. The van der Waals surface area contributed by atoms with E-state index in [1.165, 1.54) is 0 Å². The molecule has 2 aromatic rings. The number of aliphatic carboxylic acids is 1. The van der Waals surface area contributed by atoms with Crippen LogP contribution in [0.1, 0.15) is 48.9 Å². The fourth-order valence-electron chi connectivity index (χ4n) is 3.83. The van der Waals surface area contributed by atoms with Crippen LogP contribution in [0.15, 0.2) is 24.3 Å². The smallest absolute Gasteiger partial charge is 0.330 e. The Morgan fingerprint density at radius 3 is 2.64 bits per heavy atom. The van der Waals surface area contributed by atoms with E-state index in [4.69, 9.17) is 4.74 Å². The predicted octanol–water partition coefficient (Wildman–Crippen LogP) is 2.27. The van der Waals surface area contributed by atoms with E-state index in [-0.39, 0.29) is 18.2 Å². The molecule has 0 saturated heterocycles. The fourth-order valence-corrected chi connectivity index (χ4v) is 3.83. The number of nitrogens with one attached hydrogen (secondary N) is 1. The van der Waals surface area contributed by atoms with Crippen molar-refractivity contribution in [3.05, 3.63) is 41.2 Å². The maximum Gasteiger partial charge on any atom is 0.330 e. The zero-order valence-corrected chi connectivity index (χ0v) is 16.8. The highest BCUT2D eigenvalue weighted by Gasteiger charge is 2.66. The number of nitrogens with zero attached hydrogens (tertiary/aromatic N) is 3. The molecule has 2 N–H and O–H groups in total. The lowest BCUT2D eigenvalue weighted by atomic mass is 9.54. The predicted molar refractivity (Wildman–Crippen MR) is 102 cm³/mol. The van der Waals surface area contributed by atoms with Gasteiger partial charge in [0.05, 0.1) is 17.5 Å². The molecule has 0 aliphatic heterocycles. The van der Waals surface area contributed by atoms with E-state index in [0.29, 0.717) is 12.3 Å². The Hall–Kier alpha value is -2.74. The molecule has 150 valence electrons. The second-order valence-electron chi connectivity index (χ2n) is 7.81. The third kappa shape index (κ3) is 2.97. The van der Waals surface area contributed by atoms with Crippen LogP contribution in [0.4, 0.5) is 0 Å². The minimum atomic E-state index is -1.41. The Morgan fingerprint density at radius 2 is 2.07 bits per heavy atom. The minimum Gasteiger partial charge on any atom is -0.479 e. The van der Waals surface area contributed by atoms with Gasteiger partial charge in [-0.3, -0.25) is 4.79 Å². The van der Waals surface area contributed by atoms with E-state index in [2.05, 4.69) is 15.6 Å². The standard InChI is InChI=1S/C20H26N4O4/c1-6-28-15-11-20(18(26)27,19(15,4)5)21-17(25)16-13(3)24(23-22-16)14-9-7-8-12(2)10-14/h7-10,15H,6,11H2,1-5H3,(H,21,25)(H,26,27). The van der Waals surface area contributed by atoms with Crippen molar-refractivity contribution in [2.45, 2.75) is 52.7 Å². The van der Waals surface area contributed by atoms with Crippen molar-refractivity contribution in [3.8, 4) is 5.69 Å². The van der Waals surface area contributed by atoms with Gasteiger partial charge < -0.3 is 15.2 Å². The Balaban J connectivity index is 1.88. The van der Waals surface area contributed by atoms with Gasteiger partial charge in [0.25, 0.3) is 5.91 Å². The molecule has 28 heavy (non-hydrogen) atoms. The third-order valence-electron chi connectivity index (χ3n) is 5.81. The molecule has 1 heterocycles. The first-order valence-electron chi connectivity index (χ1n) is 9.31. The van der Waals surface area contributed by atoms with Gasteiger partial charge in [-0.1, -0.05) is 31.2 Å². The van der Waals surface area contributed by atoms with E-state index in [1.807, 2.05) is 38.1 Å². The molecule has 1 aromatic carbocycles. The monoisotopic (exact) mass is 386 g/mol. The summed E-state index contributed by atoms with van der Waals surface area (Å²) < 4.78 is 7.21. The first kappa shape index (κ1) is 20.0. The second kappa shape index (κ2) is 7.01. The molecular weight excluding hydrogens is 360 g/mol. The van der Waals surface area contributed by atoms with E-state index in [9.17, 15) is 14.7 Å². The van der Waals surface area contributed by atoms with Crippen LogP contribution in [0, 0.1) is 19.3 Å². The largest absolute Gasteiger partial charge is 0.479 e. The average molecular weight is 386 g/mol. The molecule has 2 unspecified atom stereocenters. The molecule has 2 atom stereocenters. The molecule has 3 rings (SSSR count). The minimum absolute atomic E-state index is 0.109. The Bertz CT molecular complexity index is 921. The first-order valence-corrected chi connectivity index (χ1v) is 9.31. The molecule has 1 aromatic heterocycles. The third-order valence-corrected chi connectivity index (χ3v) is 5.81. The van der Waals surface area contributed by atoms with Crippen LogP contribution >= 0.6 is 0 Å². The van der Waals surface area contributed by atoms with Gasteiger partial charge in [-0.2, -0.15) is 0 Å². The first-order chi connectivity index (χ1) is 13.1. The normalized spacial score (nSPS) is 23.1. The van der Waals surface area contributed by atoms with Gasteiger partial charge in [0, 0.05) is 18.4 Å². The number of hydrogen-bond donors (Lipinski definition) is 2. The zero-order chi connectivity index (χ0) is 20.7. The summed E-state index contributed by atoms with van der Waals surface area (Å²) in [6.07, 6.45) is -0.0297. The van der Waals surface area contributed by atoms with Crippen LogP contribution in [0.5, 0.6) is 0 Å². The van der Waals surface area contributed by atoms with Gasteiger partial charge in [-0.15, -0.1) is 5.10 Å². The summed E-state index contributed by atoms with van der Waals surface area (Å²) in [6, 6.07) is 7.67. The Kier molecular flexibility index (Phi) is 5.01. The SMILES string of the molecule is CCOC1CC(NC(=O)c2nnn(-c3cccc(C)c3)c2C)(C(=O)O)C1(C)C. The number of carboxylic acids is 1. The lowest BCUT2D eigenvalue weighted by molar-refractivity contribution is -0.190. The number of aryl methyl sites for hydroxylation is 1. The highest BCUT2D eigenvalue weighted by atomic mass is 16.5. The molecule has 1 saturated carbocycles. The number of benzene rings is 1. The van der Waals surface area contributed by atoms with Crippen LogP contribution in [0.3, 0.4) is 0 Å². The maximum absolute atomic E-state index is 12.9. The number of ether oxygens (including phenoxy) is 1. The highest BCUT2D eigenvalue weighted by Crippen LogP contribution is 2.51.